The van der Waals surface area contributed by atoms with E-state index in [1.165, 1.54) is 30.6 Å². The zero-order valence-corrected chi connectivity index (χ0v) is 12.2. The Morgan fingerprint density at radius 2 is 2.17 bits per heavy atom. The third-order valence-electron chi connectivity index (χ3n) is 2.41. The number of hydrogen-bond donors (Lipinski definition) is 2. The lowest BCUT2D eigenvalue weighted by molar-refractivity contribution is -0.119. The lowest BCUT2D eigenvalue weighted by Crippen LogP contribution is -2.33. The van der Waals surface area contributed by atoms with Crippen LogP contribution in [0.25, 0.3) is 0 Å². The molecule has 4 nitrogen and oxygen atoms in total. The lowest BCUT2D eigenvalue weighted by atomic mass is 10.1. The number of unbranched alkanes of at least 4 members (excludes halogenated alkanes) is 4. The van der Waals surface area contributed by atoms with E-state index in [0.29, 0.717) is 16.7 Å². The van der Waals surface area contributed by atoms with Crippen LogP contribution in [0.5, 0.6) is 0 Å². The van der Waals surface area contributed by atoms with Gasteiger partial charge in [0.2, 0.25) is 5.91 Å². The van der Waals surface area contributed by atoms with Crippen LogP contribution in [-0.2, 0) is 4.79 Å². The molecule has 0 aliphatic heterocycles. The highest BCUT2D eigenvalue weighted by Crippen LogP contribution is 2.09. The molecule has 1 aromatic heterocycles. The number of carbonyl (C=O) groups excluding carboxylic acids is 1. The molecule has 0 saturated heterocycles. The first-order valence-corrected chi connectivity index (χ1v) is 7.51. The number of amides is 1. The van der Waals surface area contributed by atoms with Gasteiger partial charge in [-0.15, -0.1) is 11.3 Å². The third-order valence-corrected chi connectivity index (χ3v) is 3.31. The topological polar surface area (TPSA) is 54.0 Å². The lowest BCUT2D eigenvalue weighted by Gasteiger charge is -2.06. The Kier molecular flexibility index (Phi) is 7.52. The number of nitrogens with zero attached hydrogens (tertiary/aromatic N) is 1. The number of nitrogens with one attached hydrogen (secondary N) is 2. The molecular weight excluding hydrogens is 266 g/mol. The second kappa shape index (κ2) is 8.99. The van der Waals surface area contributed by atoms with Gasteiger partial charge in [0.25, 0.3) is 0 Å². The number of hydrogen-bond acceptors (Lipinski definition) is 4. The summed E-state index contributed by atoms with van der Waals surface area (Å²) in [6.45, 7) is 2.18. The smallest absolute Gasteiger partial charge is 0.226 e. The van der Waals surface area contributed by atoms with Crippen LogP contribution in [0.15, 0.2) is 11.6 Å². The molecule has 1 aromatic rings. The Labute approximate surface area is 117 Å². The average Bonchev–Trinajstić information content (AvgIpc) is 2.81. The van der Waals surface area contributed by atoms with E-state index < -0.39 is 0 Å². The van der Waals surface area contributed by atoms with E-state index in [9.17, 15) is 4.79 Å². The molecule has 18 heavy (non-hydrogen) atoms. The fourth-order valence-corrected chi connectivity index (χ4v) is 2.30. The fourth-order valence-electron chi connectivity index (χ4n) is 1.49. The van der Waals surface area contributed by atoms with Crippen LogP contribution in [0, 0.1) is 0 Å². The van der Waals surface area contributed by atoms with Gasteiger partial charge in [0.15, 0.2) is 10.2 Å². The molecule has 0 unspecified atom stereocenters. The number of rotatable bonds is 7. The molecule has 0 atom stereocenters. The highest BCUT2D eigenvalue weighted by molar-refractivity contribution is 7.80. The molecule has 100 valence electrons. The van der Waals surface area contributed by atoms with Crippen LogP contribution in [-0.4, -0.2) is 16.0 Å². The van der Waals surface area contributed by atoms with Crippen molar-refractivity contribution in [3.05, 3.63) is 11.6 Å². The van der Waals surface area contributed by atoms with Gasteiger partial charge in [-0.25, -0.2) is 4.98 Å². The molecule has 1 rings (SSSR count). The van der Waals surface area contributed by atoms with Crippen molar-refractivity contribution in [3.63, 3.8) is 0 Å². The summed E-state index contributed by atoms with van der Waals surface area (Å²) in [6.07, 6.45) is 7.90. The first kappa shape index (κ1) is 15.0. The van der Waals surface area contributed by atoms with Gasteiger partial charge in [-0.3, -0.25) is 4.79 Å². The number of carbonyl (C=O) groups is 1. The summed E-state index contributed by atoms with van der Waals surface area (Å²) < 4.78 is 0. The second-order valence-electron chi connectivity index (χ2n) is 4.00. The Morgan fingerprint density at radius 3 is 2.83 bits per heavy atom. The van der Waals surface area contributed by atoms with Crippen LogP contribution in [0.3, 0.4) is 0 Å². The molecule has 0 fully saturated rings. The van der Waals surface area contributed by atoms with Crippen LogP contribution in [0.1, 0.15) is 45.4 Å². The molecule has 0 aliphatic carbocycles. The Hall–Kier alpha value is -1.01. The van der Waals surface area contributed by atoms with Crippen molar-refractivity contribution in [3.8, 4) is 0 Å². The standard InChI is InChI=1S/C12H19N3OS2/c1-2-3-4-5-6-7-10(16)14-11(17)15-12-13-8-9-18-12/h8-9H,2-7H2,1H3,(H2,13,14,15,16,17). The molecule has 0 saturated carbocycles. The van der Waals surface area contributed by atoms with Gasteiger partial charge in [-0.2, -0.15) is 0 Å². The minimum absolute atomic E-state index is 0.0273. The number of anilines is 1. The fraction of sp³-hybridized carbons (Fsp3) is 0.583. The van der Waals surface area contributed by atoms with Gasteiger partial charge in [0.05, 0.1) is 0 Å². The van der Waals surface area contributed by atoms with E-state index >= 15 is 0 Å². The van der Waals surface area contributed by atoms with E-state index in [1.54, 1.807) is 6.20 Å². The first-order valence-electron chi connectivity index (χ1n) is 6.22. The van der Waals surface area contributed by atoms with Crippen molar-refractivity contribution >= 4 is 39.7 Å². The van der Waals surface area contributed by atoms with Gasteiger partial charge >= 0.3 is 0 Å². The number of aromatic nitrogens is 1. The summed E-state index contributed by atoms with van der Waals surface area (Å²) in [5.41, 5.74) is 0. The van der Waals surface area contributed by atoms with Crippen molar-refractivity contribution < 1.29 is 4.79 Å². The summed E-state index contributed by atoms with van der Waals surface area (Å²) in [5.74, 6) is -0.0273. The average molecular weight is 285 g/mol. The van der Waals surface area contributed by atoms with Crippen LogP contribution < -0.4 is 10.6 Å². The van der Waals surface area contributed by atoms with Crippen molar-refractivity contribution in [2.24, 2.45) is 0 Å². The summed E-state index contributed by atoms with van der Waals surface area (Å²) in [5, 5.41) is 8.40. The molecule has 1 heterocycles. The molecule has 6 heteroatoms. The highest BCUT2D eigenvalue weighted by Gasteiger charge is 2.05. The van der Waals surface area contributed by atoms with Crippen LogP contribution >= 0.6 is 23.6 Å². The van der Waals surface area contributed by atoms with Gasteiger partial charge in [-0.05, 0) is 18.6 Å². The van der Waals surface area contributed by atoms with Gasteiger partial charge in [0, 0.05) is 18.0 Å². The van der Waals surface area contributed by atoms with E-state index in [1.807, 2.05) is 5.38 Å². The predicted octanol–water partition coefficient (Wildman–Crippen LogP) is 3.32. The Bertz CT molecular complexity index is 365. The van der Waals surface area contributed by atoms with Gasteiger partial charge in [-0.1, -0.05) is 32.6 Å². The summed E-state index contributed by atoms with van der Waals surface area (Å²) in [4.78, 5) is 15.6. The van der Waals surface area contributed by atoms with Crippen LogP contribution in [0.2, 0.25) is 0 Å². The minimum Gasteiger partial charge on any atom is -0.308 e. The largest absolute Gasteiger partial charge is 0.308 e. The van der Waals surface area contributed by atoms with E-state index in [0.717, 1.165) is 12.8 Å². The molecule has 0 bridgehead atoms. The predicted molar refractivity (Wildman–Crippen MR) is 79.9 cm³/mol. The number of thiazole rings is 1. The molecular formula is C12H19N3OS2. The molecule has 1 amide bonds. The molecule has 0 aromatic carbocycles. The third kappa shape index (κ3) is 6.66. The SMILES string of the molecule is CCCCCCCC(=O)NC(=S)Nc1nccs1. The van der Waals surface area contributed by atoms with E-state index in [2.05, 4.69) is 22.5 Å². The maximum Gasteiger partial charge on any atom is 0.226 e. The van der Waals surface area contributed by atoms with Gasteiger partial charge < -0.3 is 10.6 Å². The maximum atomic E-state index is 11.6. The second-order valence-corrected chi connectivity index (χ2v) is 5.31. The Morgan fingerprint density at radius 1 is 1.39 bits per heavy atom. The van der Waals surface area contributed by atoms with Crippen LogP contribution in [0.4, 0.5) is 5.13 Å². The van der Waals surface area contributed by atoms with Crippen molar-refractivity contribution in [2.45, 2.75) is 45.4 Å². The monoisotopic (exact) mass is 285 g/mol. The van der Waals surface area contributed by atoms with E-state index in [-0.39, 0.29) is 5.91 Å². The normalized spacial score (nSPS) is 10.1. The molecule has 0 spiro atoms. The summed E-state index contributed by atoms with van der Waals surface area (Å²) >= 11 is 6.47. The quantitative estimate of drug-likeness (QED) is 0.596. The summed E-state index contributed by atoms with van der Waals surface area (Å²) in [6, 6.07) is 0. The van der Waals surface area contributed by atoms with Crippen molar-refractivity contribution in [2.75, 3.05) is 5.32 Å². The summed E-state index contributed by atoms with van der Waals surface area (Å²) in [7, 11) is 0. The number of thiocarbonyl (C=S) groups is 1. The first-order chi connectivity index (χ1) is 8.72. The molecule has 0 radical (unpaired) electrons. The zero-order valence-electron chi connectivity index (χ0n) is 10.6. The zero-order chi connectivity index (χ0) is 13.2. The maximum absolute atomic E-state index is 11.6. The Balaban J connectivity index is 2.10. The minimum atomic E-state index is -0.0273. The molecule has 0 aliphatic rings. The van der Waals surface area contributed by atoms with Crippen molar-refractivity contribution in [1.29, 1.82) is 0 Å². The van der Waals surface area contributed by atoms with Crippen molar-refractivity contribution in [1.82, 2.24) is 10.3 Å². The highest BCUT2D eigenvalue weighted by atomic mass is 32.1. The van der Waals surface area contributed by atoms with Gasteiger partial charge in [0.1, 0.15) is 0 Å². The van der Waals surface area contributed by atoms with E-state index in [4.69, 9.17) is 12.2 Å². The molecule has 2 N–H and O–H groups in total.